The monoisotopic (exact) mass is 483 g/mol. The van der Waals surface area contributed by atoms with Gasteiger partial charge in [-0.05, 0) is 56.6 Å². The van der Waals surface area contributed by atoms with Crippen LogP contribution < -0.4 is 9.80 Å². The van der Waals surface area contributed by atoms with Crippen LogP contribution in [0.5, 0.6) is 0 Å². The van der Waals surface area contributed by atoms with Crippen LogP contribution >= 0.6 is 35.6 Å². The van der Waals surface area contributed by atoms with E-state index in [2.05, 4.69) is 4.90 Å². The predicted molar refractivity (Wildman–Crippen MR) is 135 cm³/mol. The molecule has 0 atom stereocenters. The van der Waals surface area contributed by atoms with Crippen LogP contribution in [0.1, 0.15) is 30.4 Å². The molecule has 8 heteroatoms. The minimum absolute atomic E-state index is 0.140. The molecule has 3 heterocycles. The van der Waals surface area contributed by atoms with Crippen molar-refractivity contribution >= 4 is 68.7 Å². The maximum atomic E-state index is 13.6. The molecule has 5 rings (SSSR count). The van der Waals surface area contributed by atoms with Gasteiger partial charge >= 0.3 is 0 Å². The fraction of sp³-hybridized carbons (Fsp3) is 0.292. The third-order valence-corrected chi connectivity index (χ3v) is 7.90. The van der Waals surface area contributed by atoms with Gasteiger partial charge in [-0.25, -0.2) is 0 Å². The van der Waals surface area contributed by atoms with Crippen LogP contribution in [0.25, 0.3) is 5.57 Å². The number of rotatable bonds is 3. The maximum absolute atomic E-state index is 13.6. The molecule has 0 aliphatic carbocycles. The minimum Gasteiger partial charge on any atom is -0.294 e. The molecule has 2 fully saturated rings. The SMILES string of the molecule is Cc1ccc(N2C(=O)C(=C3C(=O)N(CN4CCCCC4)c4ccccc43)SC2=S)cc1Cl. The van der Waals surface area contributed by atoms with Crippen molar-refractivity contribution in [2.24, 2.45) is 0 Å². The summed E-state index contributed by atoms with van der Waals surface area (Å²) in [6, 6.07) is 13.1. The number of para-hydroxylation sites is 1. The highest BCUT2D eigenvalue weighted by molar-refractivity contribution is 8.27. The lowest BCUT2D eigenvalue weighted by atomic mass is 10.1. The molecule has 0 bridgehead atoms. The van der Waals surface area contributed by atoms with Crippen LogP contribution in [0.15, 0.2) is 47.4 Å². The number of carbonyl (C=O) groups excluding carboxylic acids is 2. The van der Waals surface area contributed by atoms with Gasteiger partial charge in [-0.2, -0.15) is 0 Å². The molecule has 164 valence electrons. The van der Waals surface area contributed by atoms with Crippen molar-refractivity contribution < 1.29 is 9.59 Å². The largest absolute Gasteiger partial charge is 0.294 e. The number of halogens is 1. The lowest BCUT2D eigenvalue weighted by molar-refractivity contribution is -0.115. The Kier molecular flexibility index (Phi) is 5.84. The Morgan fingerprint density at radius 3 is 2.53 bits per heavy atom. The van der Waals surface area contributed by atoms with Crippen molar-refractivity contribution in [3.63, 3.8) is 0 Å². The second kappa shape index (κ2) is 8.63. The van der Waals surface area contributed by atoms with E-state index in [1.54, 1.807) is 11.0 Å². The first-order valence-corrected chi connectivity index (χ1v) is 12.3. The lowest BCUT2D eigenvalue weighted by Gasteiger charge is -2.30. The van der Waals surface area contributed by atoms with E-state index in [1.165, 1.54) is 23.1 Å². The number of nitrogens with zero attached hydrogens (tertiary/aromatic N) is 3. The number of amides is 2. The first-order chi connectivity index (χ1) is 15.5. The van der Waals surface area contributed by atoms with Crippen molar-refractivity contribution in [2.45, 2.75) is 26.2 Å². The zero-order chi connectivity index (χ0) is 22.4. The van der Waals surface area contributed by atoms with Crippen LogP contribution in [0.3, 0.4) is 0 Å². The van der Waals surface area contributed by atoms with Gasteiger partial charge in [-0.1, -0.05) is 66.3 Å². The van der Waals surface area contributed by atoms with E-state index in [9.17, 15) is 9.59 Å². The van der Waals surface area contributed by atoms with E-state index in [0.29, 0.717) is 32.2 Å². The highest BCUT2D eigenvalue weighted by Crippen LogP contribution is 2.45. The van der Waals surface area contributed by atoms with Gasteiger partial charge in [0, 0.05) is 10.6 Å². The Morgan fingerprint density at radius 1 is 1.03 bits per heavy atom. The van der Waals surface area contributed by atoms with Gasteiger partial charge in [0.2, 0.25) is 0 Å². The molecule has 3 aliphatic heterocycles. The molecule has 3 aliphatic rings. The van der Waals surface area contributed by atoms with Crippen LogP contribution in [-0.4, -0.2) is 40.8 Å². The topological polar surface area (TPSA) is 43.9 Å². The number of piperidine rings is 1. The number of hydrogen-bond acceptors (Lipinski definition) is 5. The Labute approximate surface area is 202 Å². The summed E-state index contributed by atoms with van der Waals surface area (Å²) in [5, 5.41) is 0.569. The van der Waals surface area contributed by atoms with Crippen LogP contribution in [0.4, 0.5) is 11.4 Å². The quantitative estimate of drug-likeness (QED) is 0.442. The highest BCUT2D eigenvalue weighted by atomic mass is 35.5. The van der Waals surface area contributed by atoms with E-state index < -0.39 is 0 Å². The average molecular weight is 484 g/mol. The predicted octanol–water partition coefficient (Wildman–Crippen LogP) is 5.21. The van der Waals surface area contributed by atoms with Gasteiger partial charge in [0.15, 0.2) is 4.32 Å². The molecule has 0 unspecified atom stereocenters. The molecule has 2 amide bonds. The first kappa shape index (κ1) is 21.6. The number of benzene rings is 2. The zero-order valence-electron chi connectivity index (χ0n) is 17.6. The van der Waals surface area contributed by atoms with E-state index in [1.807, 2.05) is 43.3 Å². The van der Waals surface area contributed by atoms with Crippen molar-refractivity contribution in [2.75, 3.05) is 29.6 Å². The number of fused-ring (bicyclic) bond motifs is 1. The third kappa shape index (κ3) is 3.67. The smallest absolute Gasteiger partial charge is 0.271 e. The van der Waals surface area contributed by atoms with Crippen molar-refractivity contribution in [3.05, 3.63) is 63.5 Å². The van der Waals surface area contributed by atoms with Crippen LogP contribution in [0, 0.1) is 6.92 Å². The molecule has 32 heavy (non-hydrogen) atoms. The zero-order valence-corrected chi connectivity index (χ0v) is 20.0. The van der Waals surface area contributed by atoms with Crippen molar-refractivity contribution in [3.8, 4) is 0 Å². The Balaban J connectivity index is 1.53. The molecule has 5 nitrogen and oxygen atoms in total. The molecule has 0 spiro atoms. The fourth-order valence-electron chi connectivity index (χ4n) is 4.40. The first-order valence-electron chi connectivity index (χ1n) is 10.7. The van der Waals surface area contributed by atoms with Crippen molar-refractivity contribution in [1.82, 2.24) is 4.90 Å². The van der Waals surface area contributed by atoms with E-state index in [-0.39, 0.29) is 11.8 Å². The van der Waals surface area contributed by atoms with Crippen molar-refractivity contribution in [1.29, 1.82) is 0 Å². The molecule has 2 saturated heterocycles. The number of thiocarbonyl (C=S) groups is 1. The van der Waals surface area contributed by atoms with E-state index in [4.69, 9.17) is 23.8 Å². The molecular formula is C24H22ClN3O2S2. The van der Waals surface area contributed by atoms with Gasteiger partial charge < -0.3 is 0 Å². The standard InChI is InChI=1S/C24H22ClN3O2S2/c1-15-9-10-16(13-18(15)25)28-23(30)21(32-24(28)31)20-17-7-3-4-8-19(17)27(22(20)29)14-26-11-5-2-6-12-26/h3-4,7-10,13H,2,5-6,11-12,14H2,1H3. The summed E-state index contributed by atoms with van der Waals surface area (Å²) in [7, 11) is 0. The van der Waals surface area contributed by atoms with Gasteiger partial charge in [0.05, 0.1) is 28.5 Å². The number of hydrogen-bond donors (Lipinski definition) is 0. The van der Waals surface area contributed by atoms with Gasteiger partial charge in [0.25, 0.3) is 11.8 Å². The summed E-state index contributed by atoms with van der Waals surface area (Å²) < 4.78 is 0.400. The second-order valence-electron chi connectivity index (χ2n) is 8.22. The fourth-order valence-corrected chi connectivity index (χ4v) is 5.95. The normalized spacial score (nSPS) is 21.6. The van der Waals surface area contributed by atoms with Crippen LogP contribution in [-0.2, 0) is 9.59 Å². The van der Waals surface area contributed by atoms with Gasteiger partial charge in [-0.3, -0.25) is 24.3 Å². The molecule has 0 N–H and O–H groups in total. The minimum atomic E-state index is -0.280. The number of thioether (sulfide) groups is 1. The van der Waals surface area contributed by atoms with E-state index >= 15 is 0 Å². The maximum Gasteiger partial charge on any atom is 0.271 e. The summed E-state index contributed by atoms with van der Waals surface area (Å²) in [6.07, 6.45) is 3.53. The van der Waals surface area contributed by atoms with Crippen LogP contribution in [0.2, 0.25) is 5.02 Å². The van der Waals surface area contributed by atoms with Gasteiger partial charge in [0.1, 0.15) is 0 Å². The van der Waals surface area contributed by atoms with Gasteiger partial charge in [-0.15, -0.1) is 0 Å². The summed E-state index contributed by atoms with van der Waals surface area (Å²) >= 11 is 13.0. The summed E-state index contributed by atoms with van der Waals surface area (Å²) in [6.45, 7) is 4.41. The lowest BCUT2D eigenvalue weighted by Crippen LogP contribution is -2.42. The Hall–Kier alpha value is -2.19. The number of aryl methyl sites for hydroxylation is 1. The third-order valence-electron chi connectivity index (χ3n) is 6.12. The molecule has 0 aromatic heterocycles. The molecule has 0 radical (unpaired) electrons. The Bertz CT molecular complexity index is 1170. The molecule has 2 aromatic rings. The highest BCUT2D eigenvalue weighted by Gasteiger charge is 2.42. The summed E-state index contributed by atoms with van der Waals surface area (Å²) in [5.74, 6) is -0.419. The summed E-state index contributed by atoms with van der Waals surface area (Å²) in [5.41, 5.74) is 3.62. The summed E-state index contributed by atoms with van der Waals surface area (Å²) in [4.78, 5) is 33.0. The number of anilines is 2. The molecular weight excluding hydrogens is 462 g/mol. The number of carbonyl (C=O) groups is 2. The van der Waals surface area contributed by atoms with E-state index in [0.717, 1.165) is 42.7 Å². The molecule has 2 aromatic carbocycles. The average Bonchev–Trinajstić information content (AvgIpc) is 3.23. The Morgan fingerprint density at radius 2 is 1.78 bits per heavy atom. The number of likely N-dealkylation sites (tertiary alicyclic amines) is 1. The second-order valence-corrected chi connectivity index (χ2v) is 10.3. The molecule has 0 saturated carbocycles.